The maximum atomic E-state index is 12.3. The van der Waals surface area contributed by atoms with Crippen LogP contribution in [0.2, 0.25) is 5.02 Å². The molecule has 1 amide bonds. The molecule has 140 valence electrons. The maximum absolute atomic E-state index is 12.3. The summed E-state index contributed by atoms with van der Waals surface area (Å²) in [5.41, 5.74) is 1.47. The lowest BCUT2D eigenvalue weighted by Crippen LogP contribution is -2.13. The average Bonchev–Trinajstić information content (AvgIpc) is 2.66. The monoisotopic (exact) mass is 379 g/mol. The highest BCUT2D eigenvalue weighted by Gasteiger charge is 2.13. The van der Waals surface area contributed by atoms with Gasteiger partial charge in [-0.2, -0.15) is 0 Å². The molecule has 0 atom stereocenters. The van der Waals surface area contributed by atoms with Gasteiger partial charge < -0.3 is 24.3 Å². The standard InChI is InChI=1S/C19H22ClNO5/c1-23-15-7-5-12(9-18(15)26-4)6-8-19(22)21-14-10-13(20)16(24-2)11-17(14)25-3/h5,7,9-11H,6,8H2,1-4H3,(H,21,22). The summed E-state index contributed by atoms with van der Waals surface area (Å²) in [6, 6.07) is 8.81. The summed E-state index contributed by atoms with van der Waals surface area (Å²) in [6.45, 7) is 0. The first kappa shape index (κ1) is 19.7. The fourth-order valence-corrected chi connectivity index (χ4v) is 2.71. The molecule has 0 fully saturated rings. The summed E-state index contributed by atoms with van der Waals surface area (Å²) in [7, 11) is 6.19. The topological polar surface area (TPSA) is 66.0 Å². The highest BCUT2D eigenvalue weighted by Crippen LogP contribution is 2.36. The van der Waals surface area contributed by atoms with Crippen LogP contribution in [0.4, 0.5) is 5.69 Å². The van der Waals surface area contributed by atoms with Gasteiger partial charge in [0.25, 0.3) is 0 Å². The van der Waals surface area contributed by atoms with Crippen LogP contribution >= 0.6 is 11.6 Å². The van der Waals surface area contributed by atoms with Crippen molar-refractivity contribution < 1.29 is 23.7 Å². The van der Waals surface area contributed by atoms with E-state index in [2.05, 4.69) is 5.32 Å². The second-order valence-corrected chi connectivity index (χ2v) is 5.83. The van der Waals surface area contributed by atoms with Crippen LogP contribution in [-0.2, 0) is 11.2 Å². The Morgan fingerprint density at radius 2 is 1.54 bits per heavy atom. The Morgan fingerprint density at radius 1 is 0.885 bits per heavy atom. The third kappa shape index (κ3) is 4.73. The van der Waals surface area contributed by atoms with Crippen LogP contribution in [0.3, 0.4) is 0 Å². The van der Waals surface area contributed by atoms with Crippen molar-refractivity contribution in [2.45, 2.75) is 12.8 Å². The van der Waals surface area contributed by atoms with Crippen molar-refractivity contribution >= 4 is 23.2 Å². The number of ether oxygens (including phenoxy) is 4. The fraction of sp³-hybridized carbons (Fsp3) is 0.316. The van der Waals surface area contributed by atoms with Crippen molar-refractivity contribution in [3.05, 3.63) is 40.9 Å². The van der Waals surface area contributed by atoms with Crippen molar-refractivity contribution in [3.63, 3.8) is 0 Å². The number of aryl methyl sites for hydroxylation is 1. The third-order valence-electron chi connectivity index (χ3n) is 3.84. The van der Waals surface area contributed by atoms with Gasteiger partial charge in [0.05, 0.1) is 39.1 Å². The number of hydrogen-bond donors (Lipinski definition) is 1. The van der Waals surface area contributed by atoms with E-state index >= 15 is 0 Å². The molecule has 0 saturated carbocycles. The molecule has 2 rings (SSSR count). The molecule has 7 heteroatoms. The summed E-state index contributed by atoms with van der Waals surface area (Å²) in [5.74, 6) is 2.09. The molecule has 0 aromatic heterocycles. The van der Waals surface area contributed by atoms with Crippen LogP contribution in [0.5, 0.6) is 23.0 Å². The summed E-state index contributed by atoms with van der Waals surface area (Å²) < 4.78 is 20.9. The van der Waals surface area contributed by atoms with Gasteiger partial charge in [0.1, 0.15) is 11.5 Å². The van der Waals surface area contributed by atoms with Gasteiger partial charge in [-0.25, -0.2) is 0 Å². The first-order chi connectivity index (χ1) is 12.5. The maximum Gasteiger partial charge on any atom is 0.224 e. The van der Waals surface area contributed by atoms with Gasteiger partial charge in [0.2, 0.25) is 5.91 Å². The van der Waals surface area contributed by atoms with Gasteiger partial charge in [0, 0.05) is 12.5 Å². The van der Waals surface area contributed by atoms with E-state index in [1.54, 1.807) is 26.4 Å². The lowest BCUT2D eigenvalue weighted by Gasteiger charge is -2.13. The molecule has 0 aliphatic carbocycles. The Kier molecular flexibility index (Phi) is 6.97. The third-order valence-corrected chi connectivity index (χ3v) is 4.13. The molecule has 0 aliphatic heterocycles. The zero-order valence-electron chi connectivity index (χ0n) is 15.2. The first-order valence-electron chi connectivity index (χ1n) is 7.94. The summed E-state index contributed by atoms with van der Waals surface area (Å²) in [6.07, 6.45) is 0.848. The van der Waals surface area contributed by atoms with Gasteiger partial charge in [0.15, 0.2) is 11.5 Å². The number of amides is 1. The number of halogens is 1. The predicted molar refractivity (Wildman–Crippen MR) is 101 cm³/mol. The van der Waals surface area contributed by atoms with Crippen LogP contribution in [-0.4, -0.2) is 34.3 Å². The number of rotatable bonds is 8. The molecule has 0 aliphatic rings. The molecule has 0 unspecified atom stereocenters. The number of anilines is 1. The second kappa shape index (κ2) is 9.20. The van der Waals surface area contributed by atoms with Crippen molar-refractivity contribution in [2.75, 3.05) is 33.8 Å². The molecule has 2 aromatic carbocycles. The predicted octanol–water partition coefficient (Wildman–Crippen LogP) is 3.95. The molecular formula is C19H22ClNO5. The molecule has 6 nitrogen and oxygen atoms in total. The van der Waals surface area contributed by atoms with Crippen LogP contribution in [0.1, 0.15) is 12.0 Å². The molecule has 0 saturated heterocycles. The fourth-order valence-electron chi connectivity index (χ4n) is 2.46. The van der Waals surface area contributed by atoms with Gasteiger partial charge in [-0.05, 0) is 30.2 Å². The molecule has 26 heavy (non-hydrogen) atoms. The van der Waals surface area contributed by atoms with E-state index in [0.29, 0.717) is 46.5 Å². The summed E-state index contributed by atoms with van der Waals surface area (Å²) in [4.78, 5) is 12.3. The number of hydrogen-bond acceptors (Lipinski definition) is 5. The highest BCUT2D eigenvalue weighted by molar-refractivity contribution is 6.32. The van der Waals surface area contributed by atoms with Gasteiger partial charge >= 0.3 is 0 Å². The minimum Gasteiger partial charge on any atom is -0.495 e. The number of benzene rings is 2. The van der Waals surface area contributed by atoms with Crippen molar-refractivity contribution in [1.29, 1.82) is 0 Å². The van der Waals surface area contributed by atoms with Crippen molar-refractivity contribution in [1.82, 2.24) is 0 Å². The Hall–Kier alpha value is -2.60. The normalized spacial score (nSPS) is 10.2. The van der Waals surface area contributed by atoms with E-state index in [9.17, 15) is 4.79 Å². The SMILES string of the molecule is COc1cc(OC)c(NC(=O)CCc2ccc(OC)c(OC)c2)cc1Cl. The van der Waals surface area contributed by atoms with Crippen molar-refractivity contribution in [2.24, 2.45) is 0 Å². The van der Waals surface area contributed by atoms with E-state index < -0.39 is 0 Å². The molecule has 1 N–H and O–H groups in total. The van der Waals surface area contributed by atoms with Gasteiger partial charge in [-0.15, -0.1) is 0 Å². The van der Waals surface area contributed by atoms with E-state index in [0.717, 1.165) is 5.56 Å². The first-order valence-corrected chi connectivity index (χ1v) is 8.32. The molecule has 0 heterocycles. The van der Waals surface area contributed by atoms with Crippen LogP contribution in [0.25, 0.3) is 0 Å². The lowest BCUT2D eigenvalue weighted by molar-refractivity contribution is -0.116. The quantitative estimate of drug-likeness (QED) is 0.752. The van der Waals surface area contributed by atoms with E-state index in [4.69, 9.17) is 30.5 Å². The Bertz CT molecular complexity index is 779. The van der Waals surface area contributed by atoms with E-state index in [-0.39, 0.29) is 5.91 Å². The smallest absolute Gasteiger partial charge is 0.224 e. The highest BCUT2D eigenvalue weighted by atomic mass is 35.5. The number of nitrogens with one attached hydrogen (secondary N) is 1. The molecule has 2 aromatic rings. The Balaban J connectivity index is 2.04. The lowest BCUT2D eigenvalue weighted by atomic mass is 10.1. The molecule has 0 spiro atoms. The molecule has 0 radical (unpaired) electrons. The van der Waals surface area contributed by atoms with E-state index in [1.807, 2.05) is 18.2 Å². The average molecular weight is 380 g/mol. The van der Waals surface area contributed by atoms with Crippen LogP contribution in [0.15, 0.2) is 30.3 Å². The van der Waals surface area contributed by atoms with Crippen molar-refractivity contribution in [3.8, 4) is 23.0 Å². The zero-order chi connectivity index (χ0) is 19.1. The zero-order valence-corrected chi connectivity index (χ0v) is 16.0. The number of methoxy groups -OCH3 is 4. The van der Waals surface area contributed by atoms with Crippen LogP contribution in [0, 0.1) is 0 Å². The van der Waals surface area contributed by atoms with Gasteiger partial charge in [-0.3, -0.25) is 4.79 Å². The molecule has 0 bridgehead atoms. The minimum absolute atomic E-state index is 0.153. The Morgan fingerprint density at radius 3 is 2.15 bits per heavy atom. The number of carbonyl (C=O) groups excluding carboxylic acids is 1. The molecular weight excluding hydrogens is 358 g/mol. The minimum atomic E-state index is -0.153. The van der Waals surface area contributed by atoms with Crippen LogP contribution < -0.4 is 24.3 Å². The number of carbonyl (C=O) groups is 1. The Labute approximate surface area is 158 Å². The largest absolute Gasteiger partial charge is 0.495 e. The van der Waals surface area contributed by atoms with E-state index in [1.165, 1.54) is 14.2 Å². The second-order valence-electron chi connectivity index (χ2n) is 5.42. The summed E-state index contributed by atoms with van der Waals surface area (Å²) in [5, 5.41) is 3.21. The van der Waals surface area contributed by atoms with Gasteiger partial charge in [-0.1, -0.05) is 17.7 Å². The summed E-state index contributed by atoms with van der Waals surface area (Å²) >= 11 is 6.12.